The van der Waals surface area contributed by atoms with Crippen molar-refractivity contribution < 1.29 is 4.74 Å². The molecular formula is C15H29IN6O. The maximum absolute atomic E-state index is 5.75. The van der Waals surface area contributed by atoms with Gasteiger partial charge in [0.25, 0.3) is 0 Å². The van der Waals surface area contributed by atoms with Crippen LogP contribution in [-0.4, -0.2) is 67.1 Å². The third-order valence-corrected chi connectivity index (χ3v) is 4.15. The highest BCUT2D eigenvalue weighted by atomic mass is 127. The number of rotatable bonds is 4. The van der Waals surface area contributed by atoms with Gasteiger partial charge in [-0.05, 0) is 20.9 Å². The molecular weight excluding hydrogens is 407 g/mol. The average Bonchev–Trinajstić information content (AvgIpc) is 2.73. The lowest BCUT2D eigenvalue weighted by Crippen LogP contribution is -2.48. The van der Waals surface area contributed by atoms with Crippen LogP contribution in [0.15, 0.2) is 4.99 Å². The number of aromatic nitrogens is 2. The summed E-state index contributed by atoms with van der Waals surface area (Å²) in [6.45, 7) is 8.34. The molecule has 8 heteroatoms. The maximum atomic E-state index is 5.75. The van der Waals surface area contributed by atoms with Crippen molar-refractivity contribution >= 4 is 29.9 Å². The quantitative estimate of drug-likeness (QED) is 0.412. The Labute approximate surface area is 155 Å². The van der Waals surface area contributed by atoms with Crippen LogP contribution in [0.2, 0.25) is 0 Å². The van der Waals surface area contributed by atoms with Gasteiger partial charge in [0, 0.05) is 51.5 Å². The lowest BCUT2D eigenvalue weighted by Gasteiger charge is -2.30. The average molecular weight is 436 g/mol. The fourth-order valence-corrected chi connectivity index (χ4v) is 2.67. The summed E-state index contributed by atoms with van der Waals surface area (Å²) in [6, 6.07) is 0. The topological polar surface area (TPSA) is 66.7 Å². The van der Waals surface area contributed by atoms with E-state index in [4.69, 9.17) is 4.74 Å². The molecule has 132 valence electrons. The van der Waals surface area contributed by atoms with Crippen molar-refractivity contribution in [3.63, 3.8) is 0 Å². The summed E-state index contributed by atoms with van der Waals surface area (Å²) in [5.41, 5.74) is 3.46. The van der Waals surface area contributed by atoms with E-state index in [1.54, 1.807) is 7.05 Å². The fourth-order valence-electron chi connectivity index (χ4n) is 2.67. The number of guanidine groups is 1. The molecule has 7 nitrogen and oxygen atoms in total. The van der Waals surface area contributed by atoms with Gasteiger partial charge in [0.2, 0.25) is 0 Å². The van der Waals surface area contributed by atoms with Crippen LogP contribution < -0.4 is 10.6 Å². The number of halogens is 1. The van der Waals surface area contributed by atoms with E-state index in [1.807, 2.05) is 18.7 Å². The van der Waals surface area contributed by atoms with Crippen molar-refractivity contribution in [2.75, 3.05) is 40.3 Å². The Balaban J connectivity index is 0.00000264. The Morgan fingerprint density at radius 2 is 2.09 bits per heavy atom. The molecule has 2 heterocycles. The van der Waals surface area contributed by atoms with Gasteiger partial charge in [0.1, 0.15) is 0 Å². The summed E-state index contributed by atoms with van der Waals surface area (Å²) in [4.78, 5) is 6.56. The summed E-state index contributed by atoms with van der Waals surface area (Å²) in [7, 11) is 5.87. The highest BCUT2D eigenvalue weighted by molar-refractivity contribution is 14.0. The molecule has 2 rings (SSSR count). The van der Waals surface area contributed by atoms with Gasteiger partial charge in [-0.1, -0.05) is 0 Å². The fraction of sp³-hybridized carbons (Fsp3) is 0.733. The van der Waals surface area contributed by atoms with Crippen LogP contribution in [0.5, 0.6) is 0 Å². The monoisotopic (exact) mass is 436 g/mol. The highest BCUT2D eigenvalue weighted by Gasteiger charge is 2.18. The molecule has 1 fully saturated rings. The number of ether oxygens (including phenoxy) is 1. The first-order valence-electron chi connectivity index (χ1n) is 7.75. The van der Waals surface area contributed by atoms with Crippen molar-refractivity contribution in [1.29, 1.82) is 0 Å². The van der Waals surface area contributed by atoms with Crippen LogP contribution in [0.3, 0.4) is 0 Å². The third-order valence-electron chi connectivity index (χ3n) is 4.15. The normalized spacial score (nSPS) is 19.3. The second kappa shape index (κ2) is 9.43. The van der Waals surface area contributed by atoms with E-state index in [0.717, 1.165) is 44.4 Å². The van der Waals surface area contributed by atoms with Gasteiger partial charge in [-0.15, -0.1) is 24.0 Å². The molecule has 1 aromatic rings. The largest absolute Gasteiger partial charge is 0.374 e. The Morgan fingerprint density at radius 1 is 1.35 bits per heavy atom. The van der Waals surface area contributed by atoms with Gasteiger partial charge >= 0.3 is 0 Å². The van der Waals surface area contributed by atoms with E-state index < -0.39 is 0 Å². The number of aryl methyl sites for hydroxylation is 2. The molecule has 1 aliphatic rings. The van der Waals surface area contributed by atoms with Gasteiger partial charge in [-0.2, -0.15) is 5.10 Å². The summed E-state index contributed by atoms with van der Waals surface area (Å²) >= 11 is 0. The van der Waals surface area contributed by atoms with Gasteiger partial charge in [-0.3, -0.25) is 9.67 Å². The summed E-state index contributed by atoms with van der Waals surface area (Å²) in [6.07, 6.45) is 0.208. The van der Waals surface area contributed by atoms with Crippen LogP contribution in [0.25, 0.3) is 0 Å². The zero-order chi connectivity index (χ0) is 16.1. The second-order valence-electron chi connectivity index (χ2n) is 5.83. The predicted molar refractivity (Wildman–Crippen MR) is 104 cm³/mol. The van der Waals surface area contributed by atoms with E-state index in [9.17, 15) is 0 Å². The first-order valence-corrected chi connectivity index (χ1v) is 7.75. The second-order valence-corrected chi connectivity index (χ2v) is 5.83. The van der Waals surface area contributed by atoms with Crippen LogP contribution in [0.1, 0.15) is 17.0 Å². The maximum Gasteiger partial charge on any atom is 0.191 e. The summed E-state index contributed by atoms with van der Waals surface area (Å²) < 4.78 is 7.66. The van der Waals surface area contributed by atoms with Crippen molar-refractivity contribution in [1.82, 2.24) is 25.3 Å². The van der Waals surface area contributed by atoms with Crippen molar-refractivity contribution in [3.05, 3.63) is 17.0 Å². The minimum absolute atomic E-state index is 0. The Kier molecular flexibility index (Phi) is 8.27. The molecule has 1 aromatic heterocycles. The highest BCUT2D eigenvalue weighted by Crippen LogP contribution is 2.11. The van der Waals surface area contributed by atoms with Crippen molar-refractivity contribution in [3.8, 4) is 0 Å². The lowest BCUT2D eigenvalue weighted by atomic mass is 10.2. The van der Waals surface area contributed by atoms with Crippen molar-refractivity contribution in [2.24, 2.45) is 12.0 Å². The van der Waals surface area contributed by atoms with E-state index in [2.05, 4.69) is 39.6 Å². The van der Waals surface area contributed by atoms with E-state index in [1.165, 1.54) is 11.3 Å². The van der Waals surface area contributed by atoms with Crippen LogP contribution in [-0.2, 0) is 18.3 Å². The molecule has 0 aromatic carbocycles. The lowest BCUT2D eigenvalue weighted by molar-refractivity contribution is -0.0161. The summed E-state index contributed by atoms with van der Waals surface area (Å²) in [5.74, 6) is 0.791. The Morgan fingerprint density at radius 3 is 2.65 bits per heavy atom. The number of likely N-dealkylation sites (N-methyl/N-ethyl adjacent to an activating group) is 1. The SMILES string of the molecule is CN=C(NCc1c(C)nn(C)c1C)NCC1CN(C)CCO1.I. The smallest absolute Gasteiger partial charge is 0.191 e. The number of aliphatic imine (C=N–C) groups is 1. The molecule has 0 saturated carbocycles. The molecule has 1 aliphatic heterocycles. The molecule has 1 atom stereocenters. The summed E-state index contributed by atoms with van der Waals surface area (Å²) in [5, 5.41) is 11.1. The minimum atomic E-state index is 0. The number of hydrogen-bond acceptors (Lipinski definition) is 4. The standard InChI is InChI=1S/C15H28N6O.HI/c1-11-14(12(2)21(5)19-11)9-18-15(16-3)17-8-13-10-20(4)6-7-22-13;/h13H,6-10H2,1-5H3,(H2,16,17,18);1H. The van der Waals surface area contributed by atoms with Crippen molar-refractivity contribution in [2.45, 2.75) is 26.5 Å². The Hall–Kier alpha value is -0.870. The molecule has 1 saturated heterocycles. The zero-order valence-electron chi connectivity index (χ0n) is 14.7. The Bertz CT molecular complexity index is 530. The third kappa shape index (κ3) is 5.61. The predicted octanol–water partition coefficient (Wildman–Crippen LogP) is 0.651. The van der Waals surface area contributed by atoms with Gasteiger partial charge < -0.3 is 20.3 Å². The molecule has 0 radical (unpaired) electrons. The molecule has 0 bridgehead atoms. The van der Waals surface area contributed by atoms with E-state index >= 15 is 0 Å². The number of nitrogens with zero attached hydrogens (tertiary/aromatic N) is 4. The molecule has 0 spiro atoms. The van der Waals surface area contributed by atoms with Gasteiger partial charge in [-0.25, -0.2) is 0 Å². The zero-order valence-corrected chi connectivity index (χ0v) is 17.0. The first kappa shape index (κ1) is 20.2. The van der Waals surface area contributed by atoms with E-state index in [0.29, 0.717) is 0 Å². The molecule has 0 aliphatic carbocycles. The van der Waals surface area contributed by atoms with Crippen LogP contribution in [0.4, 0.5) is 0 Å². The van der Waals surface area contributed by atoms with Gasteiger partial charge in [0.05, 0.1) is 18.4 Å². The first-order chi connectivity index (χ1) is 10.5. The molecule has 0 amide bonds. The van der Waals surface area contributed by atoms with Crippen LogP contribution >= 0.6 is 24.0 Å². The molecule has 2 N–H and O–H groups in total. The van der Waals surface area contributed by atoms with E-state index in [-0.39, 0.29) is 30.1 Å². The van der Waals surface area contributed by atoms with Crippen LogP contribution in [0, 0.1) is 13.8 Å². The number of morpholine rings is 1. The molecule has 23 heavy (non-hydrogen) atoms. The number of hydrogen-bond donors (Lipinski definition) is 2. The minimum Gasteiger partial charge on any atom is -0.374 e. The number of nitrogens with one attached hydrogen (secondary N) is 2. The van der Waals surface area contributed by atoms with Gasteiger partial charge in [0.15, 0.2) is 5.96 Å². The molecule has 1 unspecified atom stereocenters.